The Morgan fingerprint density at radius 2 is 2.19 bits per heavy atom. The molecule has 2 aliphatic heterocycles. The van der Waals surface area contributed by atoms with Crippen LogP contribution in [0, 0.1) is 5.92 Å². The van der Waals surface area contributed by atoms with Crippen LogP contribution >= 0.6 is 0 Å². The number of amides is 1. The number of nitrogens with one attached hydrogen (secondary N) is 1. The summed E-state index contributed by atoms with van der Waals surface area (Å²) in [7, 11) is 1.65. The maximum absolute atomic E-state index is 12.0. The first-order valence-electron chi connectivity index (χ1n) is 7.55. The molecule has 2 atom stereocenters. The highest BCUT2D eigenvalue weighted by Crippen LogP contribution is 2.26. The second-order valence-corrected chi connectivity index (χ2v) is 5.73. The molecule has 0 aliphatic carbocycles. The van der Waals surface area contributed by atoms with E-state index in [0.717, 1.165) is 30.8 Å². The Balaban J connectivity index is 1.69. The van der Waals surface area contributed by atoms with Crippen molar-refractivity contribution >= 4 is 6.09 Å². The van der Waals surface area contributed by atoms with Crippen molar-refractivity contribution in [2.75, 3.05) is 26.8 Å². The van der Waals surface area contributed by atoms with Crippen LogP contribution < -0.4 is 10.1 Å². The molecule has 3 rings (SSSR count). The van der Waals surface area contributed by atoms with Gasteiger partial charge in [0, 0.05) is 13.1 Å². The number of hydrogen-bond acceptors (Lipinski definition) is 4. The van der Waals surface area contributed by atoms with Gasteiger partial charge in [-0.25, -0.2) is 4.79 Å². The first-order chi connectivity index (χ1) is 10.3. The first kappa shape index (κ1) is 14.2. The van der Waals surface area contributed by atoms with Crippen molar-refractivity contribution in [2.45, 2.75) is 25.4 Å². The minimum absolute atomic E-state index is 0.187. The molecule has 0 spiro atoms. The molecule has 1 aromatic rings. The topological polar surface area (TPSA) is 50.8 Å². The standard InChI is InChI=1S/C16H22N2O3/c1-20-14-6-4-12(5-7-14)10-18-15(11-21-16(18)19)13-3-2-8-17-9-13/h4-7,13,15,17H,2-3,8-11H2,1H3. The smallest absolute Gasteiger partial charge is 0.410 e. The van der Waals surface area contributed by atoms with Gasteiger partial charge in [-0.1, -0.05) is 12.1 Å². The van der Waals surface area contributed by atoms with Crippen molar-refractivity contribution in [3.05, 3.63) is 29.8 Å². The van der Waals surface area contributed by atoms with Crippen LogP contribution in [0.3, 0.4) is 0 Å². The van der Waals surface area contributed by atoms with E-state index in [9.17, 15) is 4.79 Å². The molecule has 0 saturated carbocycles. The van der Waals surface area contributed by atoms with Gasteiger partial charge in [-0.05, 0) is 43.0 Å². The van der Waals surface area contributed by atoms with Gasteiger partial charge in [-0.3, -0.25) is 4.90 Å². The Kier molecular flexibility index (Phi) is 4.29. The molecular formula is C16H22N2O3. The van der Waals surface area contributed by atoms with Gasteiger partial charge >= 0.3 is 6.09 Å². The van der Waals surface area contributed by atoms with Crippen LogP contribution in [0.15, 0.2) is 24.3 Å². The van der Waals surface area contributed by atoms with E-state index in [1.54, 1.807) is 7.11 Å². The molecule has 2 fully saturated rings. The van der Waals surface area contributed by atoms with Gasteiger partial charge in [0.2, 0.25) is 0 Å². The number of ether oxygens (including phenoxy) is 2. The monoisotopic (exact) mass is 290 g/mol. The number of rotatable bonds is 4. The van der Waals surface area contributed by atoms with E-state index in [-0.39, 0.29) is 12.1 Å². The van der Waals surface area contributed by atoms with Gasteiger partial charge in [0.15, 0.2) is 0 Å². The van der Waals surface area contributed by atoms with E-state index in [1.165, 1.54) is 6.42 Å². The summed E-state index contributed by atoms with van der Waals surface area (Å²) in [6.07, 6.45) is 2.14. The van der Waals surface area contributed by atoms with Crippen molar-refractivity contribution in [1.29, 1.82) is 0 Å². The highest BCUT2D eigenvalue weighted by atomic mass is 16.6. The maximum atomic E-state index is 12.0. The fourth-order valence-corrected chi connectivity index (χ4v) is 3.17. The molecule has 5 heteroatoms. The molecule has 2 unspecified atom stereocenters. The Bertz CT molecular complexity index is 483. The summed E-state index contributed by atoms with van der Waals surface area (Å²) in [5.74, 6) is 1.32. The second-order valence-electron chi connectivity index (χ2n) is 5.73. The molecule has 1 amide bonds. The zero-order valence-electron chi connectivity index (χ0n) is 12.4. The summed E-state index contributed by atoms with van der Waals surface area (Å²) in [4.78, 5) is 13.9. The van der Waals surface area contributed by atoms with Gasteiger partial charge < -0.3 is 14.8 Å². The van der Waals surface area contributed by atoms with E-state index in [1.807, 2.05) is 29.2 Å². The molecule has 1 aromatic carbocycles. The van der Waals surface area contributed by atoms with Crippen LogP contribution in [0.5, 0.6) is 5.75 Å². The summed E-state index contributed by atoms with van der Waals surface area (Å²) in [5, 5.41) is 3.42. The molecule has 2 saturated heterocycles. The predicted molar refractivity (Wildman–Crippen MR) is 79.3 cm³/mol. The zero-order chi connectivity index (χ0) is 14.7. The average molecular weight is 290 g/mol. The van der Waals surface area contributed by atoms with Crippen LogP contribution in [-0.2, 0) is 11.3 Å². The number of hydrogen-bond donors (Lipinski definition) is 1. The predicted octanol–water partition coefficient (Wildman–Crippen LogP) is 2.02. The third kappa shape index (κ3) is 3.13. The summed E-state index contributed by atoms with van der Waals surface area (Å²) in [5.41, 5.74) is 1.10. The van der Waals surface area contributed by atoms with Crippen molar-refractivity contribution in [3.63, 3.8) is 0 Å². The third-order valence-electron chi connectivity index (χ3n) is 4.40. The molecule has 2 heterocycles. The summed E-state index contributed by atoms with van der Waals surface area (Å²) in [6.45, 7) is 3.17. The summed E-state index contributed by atoms with van der Waals surface area (Å²) < 4.78 is 10.4. The SMILES string of the molecule is COc1ccc(CN2C(=O)OCC2C2CCCNC2)cc1. The van der Waals surface area contributed by atoms with Crippen molar-refractivity contribution < 1.29 is 14.3 Å². The lowest BCUT2D eigenvalue weighted by atomic mass is 9.91. The van der Waals surface area contributed by atoms with Crippen LogP contribution in [0.2, 0.25) is 0 Å². The molecule has 0 bridgehead atoms. The second kappa shape index (κ2) is 6.35. The number of cyclic esters (lactones) is 1. The zero-order valence-corrected chi connectivity index (χ0v) is 12.4. The fourth-order valence-electron chi connectivity index (χ4n) is 3.17. The van der Waals surface area contributed by atoms with Gasteiger partial charge in [-0.2, -0.15) is 0 Å². The van der Waals surface area contributed by atoms with Gasteiger partial charge in [0.25, 0.3) is 0 Å². The van der Waals surface area contributed by atoms with E-state index >= 15 is 0 Å². The number of methoxy groups -OCH3 is 1. The lowest BCUT2D eigenvalue weighted by Crippen LogP contribution is -2.45. The average Bonchev–Trinajstić information content (AvgIpc) is 2.90. The number of carbonyl (C=O) groups excluding carboxylic acids is 1. The fraction of sp³-hybridized carbons (Fsp3) is 0.562. The molecule has 5 nitrogen and oxygen atoms in total. The number of piperidine rings is 1. The number of carbonyl (C=O) groups is 1. The van der Waals surface area contributed by atoms with Crippen LogP contribution in [0.1, 0.15) is 18.4 Å². The summed E-state index contributed by atoms with van der Waals surface area (Å²) in [6, 6.07) is 8.04. The van der Waals surface area contributed by atoms with E-state index in [0.29, 0.717) is 19.1 Å². The summed E-state index contributed by atoms with van der Waals surface area (Å²) >= 11 is 0. The highest BCUT2D eigenvalue weighted by molar-refractivity contribution is 5.70. The van der Waals surface area contributed by atoms with Crippen LogP contribution in [-0.4, -0.2) is 43.8 Å². The van der Waals surface area contributed by atoms with Gasteiger partial charge in [0.1, 0.15) is 12.4 Å². The Hall–Kier alpha value is -1.75. The maximum Gasteiger partial charge on any atom is 0.410 e. The van der Waals surface area contributed by atoms with Crippen LogP contribution in [0.4, 0.5) is 4.79 Å². The number of nitrogens with zero attached hydrogens (tertiary/aromatic N) is 1. The Labute approximate surface area is 125 Å². The molecule has 21 heavy (non-hydrogen) atoms. The number of benzene rings is 1. The quantitative estimate of drug-likeness (QED) is 0.921. The van der Waals surface area contributed by atoms with Crippen molar-refractivity contribution in [2.24, 2.45) is 5.92 Å². The third-order valence-corrected chi connectivity index (χ3v) is 4.40. The minimum Gasteiger partial charge on any atom is -0.497 e. The van der Waals surface area contributed by atoms with Gasteiger partial charge in [0.05, 0.1) is 13.2 Å². The van der Waals surface area contributed by atoms with E-state index < -0.39 is 0 Å². The lowest BCUT2D eigenvalue weighted by Gasteiger charge is -2.32. The Morgan fingerprint density at radius 1 is 1.38 bits per heavy atom. The van der Waals surface area contributed by atoms with E-state index in [2.05, 4.69) is 5.32 Å². The van der Waals surface area contributed by atoms with E-state index in [4.69, 9.17) is 9.47 Å². The normalized spacial score (nSPS) is 25.8. The highest BCUT2D eigenvalue weighted by Gasteiger charge is 2.38. The van der Waals surface area contributed by atoms with Gasteiger partial charge in [-0.15, -0.1) is 0 Å². The van der Waals surface area contributed by atoms with Crippen molar-refractivity contribution in [3.8, 4) is 5.75 Å². The molecular weight excluding hydrogens is 268 g/mol. The minimum atomic E-state index is -0.193. The molecule has 0 aromatic heterocycles. The Morgan fingerprint density at radius 3 is 2.86 bits per heavy atom. The molecule has 1 N–H and O–H groups in total. The lowest BCUT2D eigenvalue weighted by molar-refractivity contribution is 0.152. The van der Waals surface area contributed by atoms with Crippen LogP contribution in [0.25, 0.3) is 0 Å². The molecule has 114 valence electrons. The van der Waals surface area contributed by atoms with Crippen molar-refractivity contribution in [1.82, 2.24) is 10.2 Å². The first-order valence-corrected chi connectivity index (χ1v) is 7.55. The largest absolute Gasteiger partial charge is 0.497 e. The molecule has 2 aliphatic rings. The molecule has 0 radical (unpaired) electrons.